The minimum absolute atomic E-state index is 0.0215. The van der Waals surface area contributed by atoms with Crippen LogP contribution in [0.2, 0.25) is 0 Å². The molecule has 3 atom stereocenters. The molecule has 0 bridgehead atoms. The summed E-state index contributed by atoms with van der Waals surface area (Å²) in [5.74, 6) is 0.295. The number of carbonyl (C=O) groups is 2. The van der Waals surface area contributed by atoms with Crippen molar-refractivity contribution >= 4 is 18.0 Å². The smallest absolute Gasteiger partial charge is 0.346 e. The Kier molecular flexibility index (Phi) is 8.24. The number of nitrogens with one attached hydrogen (secondary N) is 1. The quantitative estimate of drug-likeness (QED) is 0.656. The van der Waals surface area contributed by atoms with Gasteiger partial charge in [-0.2, -0.15) is 0 Å². The lowest BCUT2D eigenvalue weighted by atomic mass is 9.94. The third kappa shape index (κ3) is 6.59. The van der Waals surface area contributed by atoms with Gasteiger partial charge in [-0.25, -0.2) is 4.79 Å². The second-order valence-electron chi connectivity index (χ2n) is 8.39. The van der Waals surface area contributed by atoms with Crippen LogP contribution in [0.5, 0.6) is 0 Å². The van der Waals surface area contributed by atoms with Crippen molar-refractivity contribution in [3.8, 4) is 0 Å². The molecular weight excluding hydrogens is 368 g/mol. The molecule has 1 fully saturated rings. The molecule has 6 nitrogen and oxygen atoms in total. The number of nitrogens with zero attached hydrogens (tertiary/aromatic N) is 1. The Hall–Kier alpha value is -2.36. The van der Waals surface area contributed by atoms with E-state index >= 15 is 0 Å². The molecule has 1 aliphatic rings. The number of rotatable bonds is 8. The predicted octanol–water partition coefficient (Wildman–Crippen LogP) is 2.67. The summed E-state index contributed by atoms with van der Waals surface area (Å²) in [5.41, 5.74) is 0.976. The molecule has 2 rings (SSSR count). The van der Waals surface area contributed by atoms with E-state index in [1.165, 1.54) is 7.11 Å². The van der Waals surface area contributed by atoms with Crippen LogP contribution >= 0.6 is 0 Å². The van der Waals surface area contributed by atoms with E-state index in [2.05, 4.69) is 49.9 Å². The number of ether oxygens (including phenoxy) is 1. The van der Waals surface area contributed by atoms with Crippen LogP contribution in [-0.2, 0) is 9.53 Å². The number of amides is 1. The monoisotopic (exact) mass is 400 g/mol. The number of piperazine rings is 1. The second kappa shape index (κ2) is 10.4. The van der Waals surface area contributed by atoms with E-state index in [0.717, 1.165) is 6.42 Å². The SMILES string of the molecule is COC(=O)c1c#cc(C=CC(O)N2CC(CC(C)C)NC(=O)C2CC(C)C)cc1. The predicted molar refractivity (Wildman–Crippen MR) is 112 cm³/mol. The van der Waals surface area contributed by atoms with E-state index in [0.29, 0.717) is 35.9 Å². The summed E-state index contributed by atoms with van der Waals surface area (Å²) in [6.45, 7) is 8.99. The van der Waals surface area contributed by atoms with Gasteiger partial charge in [0.1, 0.15) is 11.8 Å². The standard InChI is InChI=1S/C23H32N2O4/c1-15(2)12-19-14-25(20(13-16(3)4)22(27)24-19)21(26)11-8-17-6-9-18(10-7-17)23(28)29-5/h6,8-9,11,15-16,19-21,26H,12-14H2,1-5H3,(H,24,27). The van der Waals surface area contributed by atoms with Crippen molar-refractivity contribution in [1.82, 2.24) is 10.2 Å². The van der Waals surface area contributed by atoms with Gasteiger partial charge in [0.25, 0.3) is 0 Å². The van der Waals surface area contributed by atoms with Crippen molar-refractivity contribution in [3.05, 3.63) is 41.5 Å². The second-order valence-corrected chi connectivity index (χ2v) is 8.39. The zero-order valence-electron chi connectivity index (χ0n) is 17.9. The minimum atomic E-state index is -0.895. The number of esters is 1. The van der Waals surface area contributed by atoms with E-state index in [1.807, 2.05) is 4.90 Å². The molecule has 3 unspecified atom stereocenters. The largest absolute Gasteiger partial charge is 0.465 e. The molecule has 1 aliphatic heterocycles. The number of carbonyl (C=O) groups excluding carboxylic acids is 2. The molecule has 6 heteroatoms. The molecule has 0 aliphatic carbocycles. The summed E-state index contributed by atoms with van der Waals surface area (Å²) in [6.07, 6.45) is 4.02. The van der Waals surface area contributed by atoms with Crippen molar-refractivity contribution in [1.29, 1.82) is 0 Å². The minimum Gasteiger partial charge on any atom is -0.465 e. The van der Waals surface area contributed by atoms with Gasteiger partial charge in [-0.15, -0.1) is 0 Å². The Morgan fingerprint density at radius 2 is 1.97 bits per heavy atom. The summed E-state index contributed by atoms with van der Waals surface area (Å²) in [6, 6.07) is 8.59. The molecule has 1 aromatic carbocycles. The van der Waals surface area contributed by atoms with Crippen LogP contribution < -0.4 is 5.32 Å². The van der Waals surface area contributed by atoms with Crippen molar-refractivity contribution in [2.45, 2.75) is 58.8 Å². The van der Waals surface area contributed by atoms with Crippen LogP contribution in [-0.4, -0.2) is 53.8 Å². The van der Waals surface area contributed by atoms with Gasteiger partial charge in [-0.1, -0.05) is 39.8 Å². The third-order valence-corrected chi connectivity index (χ3v) is 4.90. The van der Waals surface area contributed by atoms with Gasteiger partial charge in [-0.05, 0) is 49.0 Å². The third-order valence-electron chi connectivity index (χ3n) is 4.90. The number of aliphatic hydroxyl groups excluding tert-OH is 1. The molecular formula is C23H32N2O4. The molecule has 1 aromatic rings. The van der Waals surface area contributed by atoms with Crippen molar-refractivity contribution in [2.75, 3.05) is 13.7 Å². The van der Waals surface area contributed by atoms with Gasteiger partial charge < -0.3 is 15.2 Å². The van der Waals surface area contributed by atoms with Gasteiger partial charge in [0.2, 0.25) is 5.91 Å². The van der Waals surface area contributed by atoms with Gasteiger partial charge in [-0.3, -0.25) is 9.69 Å². The molecule has 158 valence electrons. The highest BCUT2D eigenvalue weighted by atomic mass is 16.5. The lowest BCUT2D eigenvalue weighted by Gasteiger charge is -2.42. The maximum Gasteiger partial charge on any atom is 0.346 e. The topological polar surface area (TPSA) is 78.9 Å². The highest BCUT2D eigenvalue weighted by molar-refractivity contribution is 5.88. The van der Waals surface area contributed by atoms with Crippen LogP contribution in [0.15, 0.2) is 18.2 Å². The summed E-state index contributed by atoms with van der Waals surface area (Å²) in [7, 11) is 1.31. The fraction of sp³-hybridized carbons (Fsp3) is 0.565. The first-order chi connectivity index (χ1) is 13.7. The van der Waals surface area contributed by atoms with E-state index < -0.39 is 12.2 Å². The molecule has 0 saturated carbocycles. The molecule has 0 aromatic heterocycles. The number of methoxy groups -OCH3 is 1. The zero-order valence-corrected chi connectivity index (χ0v) is 17.9. The van der Waals surface area contributed by atoms with E-state index in [4.69, 9.17) is 0 Å². The van der Waals surface area contributed by atoms with E-state index in [9.17, 15) is 14.7 Å². The summed E-state index contributed by atoms with van der Waals surface area (Å²) in [5, 5.41) is 13.9. The average Bonchev–Trinajstić information content (AvgIpc) is 2.67. The number of hydrogen-bond acceptors (Lipinski definition) is 5. The maximum atomic E-state index is 12.7. The number of hydrogen-bond donors (Lipinski definition) is 2. The molecule has 1 heterocycles. The molecule has 29 heavy (non-hydrogen) atoms. The molecule has 1 amide bonds. The molecule has 0 radical (unpaired) electrons. The number of aliphatic hydroxyl groups is 1. The fourth-order valence-corrected chi connectivity index (χ4v) is 3.58. The first-order valence-corrected chi connectivity index (χ1v) is 10.2. The lowest BCUT2D eigenvalue weighted by Crippen LogP contribution is -2.62. The Morgan fingerprint density at radius 3 is 2.52 bits per heavy atom. The van der Waals surface area contributed by atoms with Crippen LogP contribution in [0.3, 0.4) is 0 Å². The summed E-state index contributed by atoms with van der Waals surface area (Å²) >= 11 is 0. The maximum absolute atomic E-state index is 12.7. The van der Waals surface area contributed by atoms with Crippen molar-refractivity contribution in [3.63, 3.8) is 0 Å². The van der Waals surface area contributed by atoms with Gasteiger partial charge in [0, 0.05) is 18.2 Å². The molecule has 0 spiro atoms. The summed E-state index contributed by atoms with van der Waals surface area (Å²) in [4.78, 5) is 26.1. The van der Waals surface area contributed by atoms with Gasteiger partial charge in [0.15, 0.2) is 0 Å². The lowest BCUT2D eigenvalue weighted by molar-refractivity contribution is -0.137. The highest BCUT2D eigenvalue weighted by Gasteiger charge is 2.37. The van der Waals surface area contributed by atoms with Gasteiger partial charge in [0.05, 0.1) is 13.2 Å². The first-order valence-electron chi connectivity index (χ1n) is 10.2. The van der Waals surface area contributed by atoms with E-state index in [1.54, 1.807) is 24.3 Å². The Labute approximate surface area is 173 Å². The van der Waals surface area contributed by atoms with E-state index in [-0.39, 0.29) is 18.0 Å². The fourth-order valence-electron chi connectivity index (χ4n) is 3.58. The molecule has 2 N–H and O–H groups in total. The van der Waals surface area contributed by atoms with Crippen molar-refractivity contribution in [2.24, 2.45) is 11.8 Å². The van der Waals surface area contributed by atoms with Crippen LogP contribution in [0, 0.1) is 24.0 Å². The average molecular weight is 401 g/mol. The Morgan fingerprint density at radius 1 is 1.28 bits per heavy atom. The first kappa shape index (κ1) is 22.9. The van der Waals surface area contributed by atoms with Crippen molar-refractivity contribution < 1.29 is 19.4 Å². The van der Waals surface area contributed by atoms with Crippen LogP contribution in [0.4, 0.5) is 0 Å². The molecule has 1 saturated heterocycles. The van der Waals surface area contributed by atoms with Gasteiger partial charge >= 0.3 is 5.97 Å². The normalized spacial score (nSPS) is 21.3. The zero-order chi connectivity index (χ0) is 21.6. The van der Waals surface area contributed by atoms with Crippen LogP contribution in [0.1, 0.15) is 56.5 Å². The summed E-state index contributed by atoms with van der Waals surface area (Å²) < 4.78 is 4.65. The highest BCUT2D eigenvalue weighted by Crippen LogP contribution is 2.22. The van der Waals surface area contributed by atoms with Crippen LogP contribution in [0.25, 0.3) is 6.08 Å². The Balaban J connectivity index is 2.14. The Bertz CT molecular complexity index is 712.